The fourth-order valence-electron chi connectivity index (χ4n) is 1.43. The van der Waals surface area contributed by atoms with Crippen LogP contribution in [0.2, 0.25) is 0 Å². The predicted molar refractivity (Wildman–Crippen MR) is 66.1 cm³/mol. The molecular formula is C12H18N2O6. The number of benzene rings is 1. The molecule has 0 saturated carbocycles. The van der Waals surface area contributed by atoms with Crippen molar-refractivity contribution in [2.24, 2.45) is 0 Å². The fraction of sp³-hybridized carbons (Fsp3) is 0.333. The van der Waals surface area contributed by atoms with Gasteiger partial charge < -0.3 is 36.6 Å². The van der Waals surface area contributed by atoms with E-state index in [4.69, 9.17) is 10.2 Å². The summed E-state index contributed by atoms with van der Waals surface area (Å²) in [5.41, 5.74) is 4.00. The number of aliphatic hydroxyl groups excluding tert-OH is 1. The molecule has 0 aliphatic heterocycles. The number of hydrogen-bond donors (Lipinski definition) is 4. The lowest BCUT2D eigenvalue weighted by atomic mass is 10.1. The van der Waals surface area contributed by atoms with Crippen molar-refractivity contribution in [3.8, 4) is 5.75 Å². The number of nitrogens with one attached hydrogen (secondary N) is 1. The second-order valence-electron chi connectivity index (χ2n) is 4.13. The van der Waals surface area contributed by atoms with Gasteiger partial charge in [-0.2, -0.15) is 0 Å². The van der Waals surface area contributed by atoms with Gasteiger partial charge >= 0.3 is 0 Å². The van der Waals surface area contributed by atoms with Crippen LogP contribution in [0.5, 0.6) is 5.75 Å². The van der Waals surface area contributed by atoms with Crippen LogP contribution in [0.4, 0.5) is 0 Å². The lowest BCUT2D eigenvalue weighted by molar-refractivity contribution is -0.409. The first-order chi connectivity index (χ1) is 8.93. The van der Waals surface area contributed by atoms with E-state index >= 15 is 0 Å². The van der Waals surface area contributed by atoms with Gasteiger partial charge in [-0.05, 0) is 24.1 Å². The van der Waals surface area contributed by atoms with Gasteiger partial charge in [-0.25, -0.2) is 0 Å². The Morgan fingerprint density at radius 3 is 2.30 bits per heavy atom. The largest absolute Gasteiger partial charge is 0.548 e. The van der Waals surface area contributed by atoms with Gasteiger partial charge in [0.05, 0.1) is 12.0 Å². The molecule has 0 fully saturated rings. The van der Waals surface area contributed by atoms with Crippen molar-refractivity contribution in [3.63, 3.8) is 0 Å². The van der Waals surface area contributed by atoms with Crippen molar-refractivity contribution in [1.29, 1.82) is 0 Å². The normalized spacial score (nSPS) is 12.9. The zero-order valence-corrected chi connectivity index (χ0v) is 10.7. The molecule has 20 heavy (non-hydrogen) atoms. The number of amides is 1. The van der Waals surface area contributed by atoms with Gasteiger partial charge in [0.15, 0.2) is 6.04 Å². The van der Waals surface area contributed by atoms with Crippen molar-refractivity contribution in [2.75, 3.05) is 6.61 Å². The first-order valence-corrected chi connectivity index (χ1v) is 5.67. The van der Waals surface area contributed by atoms with Crippen LogP contribution in [-0.2, 0) is 16.0 Å². The summed E-state index contributed by atoms with van der Waals surface area (Å²) >= 11 is 0. The van der Waals surface area contributed by atoms with Gasteiger partial charge in [-0.1, -0.05) is 12.1 Å². The standard InChI is InChI=1S/C12H16N2O5.H2O/c13-9(6-15)11(17)14-10(12(18)19)5-7-1-3-8(16)4-2-7;/h1-4,9-10,15-16H,5-6,13H2,(H,14,17)(H,18,19);1H2/t9-,10-;/m0./s1. The maximum atomic E-state index is 11.5. The number of phenols is 1. The van der Waals surface area contributed by atoms with Crippen molar-refractivity contribution in [2.45, 2.75) is 18.5 Å². The van der Waals surface area contributed by atoms with E-state index in [0.29, 0.717) is 5.56 Å². The summed E-state index contributed by atoms with van der Waals surface area (Å²) in [4.78, 5) is 22.4. The number of quaternary nitrogens is 1. The number of phenolic OH excluding ortho intramolecular Hbond substituents is 1. The highest BCUT2D eigenvalue weighted by Gasteiger charge is 2.21. The smallest absolute Gasteiger partial charge is 0.281 e. The number of carbonyl (C=O) groups excluding carboxylic acids is 2. The van der Waals surface area contributed by atoms with Crippen LogP contribution in [-0.4, -0.2) is 46.3 Å². The molecule has 8 N–H and O–H groups in total. The Morgan fingerprint density at radius 1 is 1.30 bits per heavy atom. The topological polar surface area (TPSA) is 169 Å². The summed E-state index contributed by atoms with van der Waals surface area (Å²) in [5.74, 6) is -2.02. The van der Waals surface area contributed by atoms with Crippen molar-refractivity contribution >= 4 is 11.9 Å². The molecule has 8 nitrogen and oxygen atoms in total. The van der Waals surface area contributed by atoms with Crippen LogP contribution in [0.15, 0.2) is 24.3 Å². The summed E-state index contributed by atoms with van der Waals surface area (Å²) in [6, 6.07) is 3.79. The first-order valence-electron chi connectivity index (χ1n) is 5.67. The van der Waals surface area contributed by atoms with Crippen molar-refractivity contribution in [3.05, 3.63) is 29.8 Å². The molecule has 0 bridgehead atoms. The van der Waals surface area contributed by atoms with E-state index in [2.05, 4.69) is 11.1 Å². The Balaban J connectivity index is 0.00000361. The van der Waals surface area contributed by atoms with Crippen molar-refractivity contribution < 1.29 is 36.1 Å². The number of rotatable bonds is 6. The summed E-state index contributed by atoms with van der Waals surface area (Å²) in [5, 5.41) is 31.1. The monoisotopic (exact) mass is 286 g/mol. The number of aromatic hydroxyl groups is 1. The Labute approximate surface area is 115 Å². The second-order valence-corrected chi connectivity index (χ2v) is 4.13. The summed E-state index contributed by atoms with van der Waals surface area (Å²) in [6.07, 6.45) is 0.0203. The van der Waals surface area contributed by atoms with E-state index in [0.717, 1.165) is 0 Å². The van der Waals surface area contributed by atoms with Gasteiger partial charge in [0.2, 0.25) is 0 Å². The maximum Gasteiger partial charge on any atom is 0.281 e. The Hall–Kier alpha value is -2.16. The molecular weight excluding hydrogens is 268 g/mol. The average molecular weight is 286 g/mol. The molecule has 1 aromatic rings. The number of hydrogen-bond acceptors (Lipinski definition) is 5. The van der Waals surface area contributed by atoms with E-state index in [-0.39, 0.29) is 17.6 Å². The van der Waals surface area contributed by atoms with E-state index in [1.807, 2.05) is 0 Å². The Kier molecular flexibility index (Phi) is 7.22. The third kappa shape index (κ3) is 5.22. The minimum atomic E-state index is -1.42. The van der Waals surface area contributed by atoms with Crippen LogP contribution >= 0.6 is 0 Å². The van der Waals surface area contributed by atoms with Crippen molar-refractivity contribution in [1.82, 2.24) is 5.32 Å². The molecule has 0 saturated heterocycles. The van der Waals surface area contributed by atoms with Gasteiger partial charge in [-0.15, -0.1) is 0 Å². The third-order valence-corrected chi connectivity index (χ3v) is 2.57. The summed E-state index contributed by atoms with van der Waals surface area (Å²) in [6.45, 7) is -0.467. The molecule has 0 aromatic heterocycles. The maximum absolute atomic E-state index is 11.5. The molecule has 0 unspecified atom stereocenters. The molecule has 0 heterocycles. The van der Waals surface area contributed by atoms with E-state index in [9.17, 15) is 14.7 Å². The third-order valence-electron chi connectivity index (χ3n) is 2.57. The zero-order valence-electron chi connectivity index (χ0n) is 10.7. The number of carboxylic acids is 1. The minimum Gasteiger partial charge on any atom is -0.548 e. The number of aliphatic carboxylic acids is 1. The summed E-state index contributed by atoms with van der Waals surface area (Å²) in [7, 11) is 0. The highest BCUT2D eigenvalue weighted by molar-refractivity contribution is 5.85. The van der Waals surface area contributed by atoms with Crippen LogP contribution in [0.25, 0.3) is 0 Å². The fourth-order valence-corrected chi connectivity index (χ4v) is 1.43. The first kappa shape index (κ1) is 17.8. The molecule has 2 atom stereocenters. The predicted octanol–water partition coefficient (Wildman–Crippen LogP) is -4.05. The van der Waals surface area contributed by atoms with Gasteiger partial charge in [0.1, 0.15) is 12.4 Å². The lowest BCUT2D eigenvalue weighted by Gasteiger charge is -2.20. The van der Waals surface area contributed by atoms with E-state index in [1.165, 1.54) is 12.1 Å². The number of aliphatic hydroxyl groups is 1. The molecule has 0 aliphatic rings. The second kappa shape index (κ2) is 8.10. The minimum absolute atomic E-state index is 0. The van der Waals surface area contributed by atoms with Crippen LogP contribution in [0, 0.1) is 0 Å². The molecule has 1 aromatic carbocycles. The van der Waals surface area contributed by atoms with E-state index < -0.39 is 30.6 Å². The van der Waals surface area contributed by atoms with Crippen LogP contribution < -0.4 is 16.2 Å². The molecule has 112 valence electrons. The lowest BCUT2D eigenvalue weighted by Crippen LogP contribution is -2.70. The van der Waals surface area contributed by atoms with Crippen LogP contribution in [0.1, 0.15) is 5.56 Å². The van der Waals surface area contributed by atoms with Gasteiger partial charge in [-0.3, -0.25) is 4.79 Å². The Bertz CT molecular complexity index is 448. The van der Waals surface area contributed by atoms with E-state index in [1.54, 1.807) is 12.1 Å². The SMILES string of the molecule is O.[NH3+][C@@H](CO)C(=O)N[C@@H](Cc1ccc(O)cc1)C(=O)[O-]. The average Bonchev–Trinajstić information content (AvgIpc) is 2.39. The highest BCUT2D eigenvalue weighted by Crippen LogP contribution is 2.11. The molecule has 1 rings (SSSR count). The zero-order chi connectivity index (χ0) is 14.4. The van der Waals surface area contributed by atoms with Gasteiger partial charge in [0.25, 0.3) is 5.91 Å². The number of carboxylic acid groups (broad SMARTS) is 1. The molecule has 1 amide bonds. The summed E-state index contributed by atoms with van der Waals surface area (Å²) < 4.78 is 0. The van der Waals surface area contributed by atoms with Gasteiger partial charge in [0, 0.05) is 0 Å². The van der Waals surface area contributed by atoms with Crippen LogP contribution in [0.3, 0.4) is 0 Å². The number of carbonyl (C=O) groups is 2. The quantitative estimate of drug-likeness (QED) is 0.416. The molecule has 8 heteroatoms. The highest BCUT2D eigenvalue weighted by atomic mass is 16.4. The Morgan fingerprint density at radius 2 is 1.85 bits per heavy atom. The molecule has 0 radical (unpaired) electrons. The molecule has 0 spiro atoms. The molecule has 0 aliphatic carbocycles.